The van der Waals surface area contributed by atoms with Crippen LogP contribution in [-0.2, 0) is 13.5 Å². The van der Waals surface area contributed by atoms with Crippen molar-refractivity contribution in [3.05, 3.63) is 29.6 Å². The fourth-order valence-electron chi connectivity index (χ4n) is 2.92. The second-order valence-electron chi connectivity index (χ2n) is 5.25. The fourth-order valence-corrected chi connectivity index (χ4v) is 2.92. The van der Waals surface area contributed by atoms with Crippen LogP contribution in [0, 0.1) is 0 Å². The van der Waals surface area contributed by atoms with E-state index in [4.69, 9.17) is 4.98 Å². The highest BCUT2D eigenvalue weighted by molar-refractivity contribution is 5.77. The number of aromatic nitrogens is 2. The van der Waals surface area contributed by atoms with Crippen molar-refractivity contribution < 1.29 is 0 Å². The van der Waals surface area contributed by atoms with E-state index in [2.05, 4.69) is 42.1 Å². The highest BCUT2D eigenvalue weighted by Gasteiger charge is 2.20. The van der Waals surface area contributed by atoms with E-state index < -0.39 is 0 Å². The lowest BCUT2D eigenvalue weighted by Gasteiger charge is -2.22. The van der Waals surface area contributed by atoms with Crippen LogP contribution in [0.2, 0.25) is 0 Å². The average molecular weight is 243 g/mol. The number of nitrogens with zero attached hydrogens (tertiary/aromatic N) is 2. The molecule has 1 aliphatic rings. The minimum atomic E-state index is 0.571. The molecule has 0 radical (unpaired) electrons. The summed E-state index contributed by atoms with van der Waals surface area (Å²) in [5, 5.41) is 3.47. The first-order chi connectivity index (χ1) is 8.79. The maximum absolute atomic E-state index is 4.87. The molecule has 0 amide bonds. The van der Waals surface area contributed by atoms with Gasteiger partial charge in [-0.05, 0) is 43.5 Å². The largest absolute Gasteiger partial charge is 0.331 e. The molecule has 18 heavy (non-hydrogen) atoms. The Morgan fingerprint density at radius 1 is 1.44 bits per heavy atom. The number of hydrogen-bond donors (Lipinski definition) is 1. The number of imidazole rings is 1. The van der Waals surface area contributed by atoms with Gasteiger partial charge in [0.2, 0.25) is 0 Å². The van der Waals surface area contributed by atoms with E-state index in [1.165, 1.54) is 29.7 Å². The van der Waals surface area contributed by atoms with Crippen molar-refractivity contribution in [3.8, 4) is 0 Å². The van der Waals surface area contributed by atoms with Crippen molar-refractivity contribution in [1.29, 1.82) is 0 Å². The van der Waals surface area contributed by atoms with E-state index in [-0.39, 0.29) is 0 Å². The van der Waals surface area contributed by atoms with Crippen LogP contribution in [0.4, 0.5) is 0 Å². The van der Waals surface area contributed by atoms with Gasteiger partial charge in [-0.2, -0.15) is 0 Å². The first-order valence-corrected chi connectivity index (χ1v) is 6.95. The summed E-state index contributed by atoms with van der Waals surface area (Å²) >= 11 is 0. The van der Waals surface area contributed by atoms with Crippen LogP contribution in [-0.4, -0.2) is 22.6 Å². The van der Waals surface area contributed by atoms with Crippen molar-refractivity contribution in [2.24, 2.45) is 7.05 Å². The molecule has 1 aliphatic heterocycles. The maximum atomic E-state index is 4.87. The minimum absolute atomic E-state index is 0.571. The molecule has 2 heterocycles. The molecule has 1 aromatic heterocycles. The summed E-state index contributed by atoms with van der Waals surface area (Å²) in [4.78, 5) is 4.87. The lowest BCUT2D eigenvalue weighted by molar-refractivity contribution is 0.440. The van der Waals surface area contributed by atoms with Crippen molar-refractivity contribution in [2.45, 2.75) is 32.1 Å². The number of nitrogens with one attached hydrogen (secondary N) is 1. The van der Waals surface area contributed by atoms with Crippen LogP contribution in [0.15, 0.2) is 18.2 Å². The number of aryl methyl sites for hydroxylation is 2. The quantitative estimate of drug-likeness (QED) is 0.878. The molecular formula is C15H21N3. The Morgan fingerprint density at radius 2 is 2.33 bits per heavy atom. The normalized spacial score (nSPS) is 20.4. The molecule has 96 valence electrons. The van der Waals surface area contributed by atoms with Crippen molar-refractivity contribution in [1.82, 2.24) is 14.9 Å². The summed E-state index contributed by atoms with van der Waals surface area (Å²) in [5.74, 6) is 1.81. The molecular weight excluding hydrogens is 222 g/mol. The Morgan fingerprint density at radius 3 is 3.06 bits per heavy atom. The van der Waals surface area contributed by atoms with Gasteiger partial charge in [0, 0.05) is 19.5 Å². The predicted molar refractivity (Wildman–Crippen MR) is 74.9 cm³/mol. The van der Waals surface area contributed by atoms with Gasteiger partial charge in [-0.15, -0.1) is 0 Å². The Kier molecular flexibility index (Phi) is 3.08. The Hall–Kier alpha value is -1.35. The van der Waals surface area contributed by atoms with Gasteiger partial charge in [-0.1, -0.05) is 13.0 Å². The van der Waals surface area contributed by atoms with Crippen LogP contribution < -0.4 is 5.32 Å². The van der Waals surface area contributed by atoms with Crippen molar-refractivity contribution in [2.75, 3.05) is 13.1 Å². The number of rotatable bonds is 2. The molecule has 3 rings (SSSR count). The molecule has 1 saturated heterocycles. The molecule has 1 aromatic carbocycles. The Labute approximate surface area is 108 Å². The molecule has 3 nitrogen and oxygen atoms in total. The second-order valence-corrected chi connectivity index (χ2v) is 5.25. The smallest absolute Gasteiger partial charge is 0.114 e. The highest BCUT2D eigenvalue weighted by atomic mass is 15.1. The SMILES string of the molecule is CCc1ccc2c(c1)nc(C1CCCNC1)n2C. The van der Waals surface area contributed by atoms with Gasteiger partial charge in [0.15, 0.2) is 0 Å². The number of benzene rings is 1. The molecule has 1 unspecified atom stereocenters. The zero-order chi connectivity index (χ0) is 12.5. The zero-order valence-corrected chi connectivity index (χ0v) is 11.2. The predicted octanol–water partition coefficient (Wildman–Crippen LogP) is 2.60. The van der Waals surface area contributed by atoms with Gasteiger partial charge in [0.05, 0.1) is 11.0 Å². The third kappa shape index (κ3) is 1.93. The Bertz CT molecular complexity index is 550. The van der Waals surface area contributed by atoms with E-state index in [0.29, 0.717) is 5.92 Å². The summed E-state index contributed by atoms with van der Waals surface area (Å²) in [6.07, 6.45) is 3.59. The van der Waals surface area contributed by atoms with Crippen LogP contribution in [0.25, 0.3) is 11.0 Å². The number of hydrogen-bond acceptors (Lipinski definition) is 2. The zero-order valence-electron chi connectivity index (χ0n) is 11.2. The molecule has 1 atom stereocenters. The van der Waals surface area contributed by atoms with E-state index in [1.807, 2.05) is 0 Å². The van der Waals surface area contributed by atoms with Gasteiger partial charge in [-0.3, -0.25) is 0 Å². The van der Waals surface area contributed by atoms with Gasteiger partial charge in [-0.25, -0.2) is 4.98 Å². The lowest BCUT2D eigenvalue weighted by Crippen LogP contribution is -2.29. The molecule has 0 bridgehead atoms. The van der Waals surface area contributed by atoms with E-state index in [0.717, 1.165) is 25.0 Å². The standard InChI is InChI=1S/C15H21N3/c1-3-11-6-7-14-13(9-11)17-15(18(14)2)12-5-4-8-16-10-12/h6-7,9,12,16H,3-5,8,10H2,1-2H3. The van der Waals surface area contributed by atoms with Crippen LogP contribution in [0.5, 0.6) is 0 Å². The first kappa shape index (κ1) is 11.7. The summed E-state index contributed by atoms with van der Waals surface area (Å²) in [5.41, 5.74) is 3.78. The molecule has 2 aromatic rings. The highest BCUT2D eigenvalue weighted by Crippen LogP contribution is 2.26. The monoisotopic (exact) mass is 243 g/mol. The topological polar surface area (TPSA) is 29.9 Å². The molecule has 0 spiro atoms. The molecule has 0 saturated carbocycles. The van der Waals surface area contributed by atoms with Crippen LogP contribution in [0.1, 0.15) is 37.1 Å². The van der Waals surface area contributed by atoms with E-state index >= 15 is 0 Å². The van der Waals surface area contributed by atoms with Crippen molar-refractivity contribution in [3.63, 3.8) is 0 Å². The molecule has 1 fully saturated rings. The summed E-state index contributed by atoms with van der Waals surface area (Å²) in [6.45, 7) is 4.41. The lowest BCUT2D eigenvalue weighted by atomic mass is 9.99. The fraction of sp³-hybridized carbons (Fsp3) is 0.533. The minimum Gasteiger partial charge on any atom is -0.331 e. The number of piperidine rings is 1. The Balaban J connectivity index is 2.04. The van der Waals surface area contributed by atoms with Crippen LogP contribution in [0.3, 0.4) is 0 Å². The third-order valence-corrected chi connectivity index (χ3v) is 4.05. The summed E-state index contributed by atoms with van der Waals surface area (Å²) in [6, 6.07) is 6.66. The third-order valence-electron chi connectivity index (χ3n) is 4.05. The van der Waals surface area contributed by atoms with Crippen LogP contribution >= 0.6 is 0 Å². The average Bonchev–Trinajstić information content (AvgIpc) is 2.76. The van der Waals surface area contributed by atoms with Gasteiger partial charge >= 0.3 is 0 Å². The van der Waals surface area contributed by atoms with Gasteiger partial charge in [0.1, 0.15) is 5.82 Å². The number of fused-ring (bicyclic) bond motifs is 1. The summed E-state index contributed by atoms with van der Waals surface area (Å²) < 4.78 is 2.27. The molecule has 0 aliphatic carbocycles. The first-order valence-electron chi connectivity index (χ1n) is 6.95. The van der Waals surface area contributed by atoms with Gasteiger partial charge < -0.3 is 9.88 Å². The van der Waals surface area contributed by atoms with E-state index in [1.54, 1.807) is 0 Å². The second kappa shape index (κ2) is 4.73. The molecule has 3 heteroatoms. The van der Waals surface area contributed by atoms with Crippen molar-refractivity contribution >= 4 is 11.0 Å². The van der Waals surface area contributed by atoms with Gasteiger partial charge in [0.25, 0.3) is 0 Å². The van der Waals surface area contributed by atoms with E-state index in [9.17, 15) is 0 Å². The molecule has 1 N–H and O–H groups in total. The summed E-state index contributed by atoms with van der Waals surface area (Å²) in [7, 11) is 2.14. The maximum Gasteiger partial charge on any atom is 0.114 e.